The van der Waals surface area contributed by atoms with Crippen molar-refractivity contribution in [3.8, 4) is 0 Å². The molecule has 16 heavy (non-hydrogen) atoms. The molecule has 4 heteroatoms. The summed E-state index contributed by atoms with van der Waals surface area (Å²) in [5, 5.41) is 2.96. The van der Waals surface area contributed by atoms with Crippen LogP contribution in [0.1, 0.15) is 36.8 Å². The maximum Gasteiger partial charge on any atom is 0.270 e. The zero-order chi connectivity index (χ0) is 12.3. The second-order valence-corrected chi connectivity index (χ2v) is 5.83. The number of carbonyl (C=O) groups is 1. The van der Waals surface area contributed by atoms with Crippen molar-refractivity contribution < 1.29 is 4.79 Å². The van der Waals surface area contributed by atoms with E-state index >= 15 is 0 Å². The Morgan fingerprint density at radius 2 is 2.19 bits per heavy atom. The Bertz CT molecular complexity index is 388. The number of nitrogens with one attached hydrogen (secondary N) is 1. The Balaban J connectivity index is 2.85. The van der Waals surface area contributed by atoms with Crippen LogP contribution in [0, 0.1) is 6.92 Å². The second kappa shape index (κ2) is 4.95. The fraction of sp³-hybridized carbons (Fsp3) is 0.500. The average molecular weight is 285 g/mol. The summed E-state index contributed by atoms with van der Waals surface area (Å²) in [6, 6.07) is 3.71. The molecule has 0 radical (unpaired) electrons. The van der Waals surface area contributed by atoms with Crippen LogP contribution >= 0.6 is 15.9 Å². The van der Waals surface area contributed by atoms with E-state index in [4.69, 9.17) is 0 Å². The Kier molecular flexibility index (Phi) is 4.08. The predicted octanol–water partition coefficient (Wildman–Crippen LogP) is 2.68. The molecule has 0 aromatic carbocycles. The summed E-state index contributed by atoms with van der Waals surface area (Å²) in [5.74, 6) is -0.130. The highest BCUT2D eigenvalue weighted by atomic mass is 79.9. The lowest BCUT2D eigenvalue weighted by Crippen LogP contribution is -2.49. The minimum atomic E-state index is -0.305. The Labute approximate surface area is 105 Å². The highest BCUT2D eigenvalue weighted by Crippen LogP contribution is 2.17. The average Bonchev–Trinajstić information content (AvgIpc) is 2.17. The maximum atomic E-state index is 12.0. The van der Waals surface area contributed by atoms with Crippen molar-refractivity contribution in [3.05, 3.63) is 29.6 Å². The molecule has 1 aromatic rings. The van der Waals surface area contributed by atoms with E-state index in [0.29, 0.717) is 5.69 Å². The molecule has 1 atom stereocenters. The van der Waals surface area contributed by atoms with E-state index in [2.05, 4.69) is 26.2 Å². The lowest BCUT2D eigenvalue weighted by molar-refractivity contribution is 0.0908. The molecule has 1 N–H and O–H groups in total. The van der Waals surface area contributed by atoms with E-state index in [0.717, 1.165) is 5.56 Å². The molecule has 3 nitrogen and oxygen atoms in total. The minimum Gasteiger partial charge on any atom is -0.345 e. The third-order valence-corrected chi connectivity index (χ3v) is 3.80. The smallest absolute Gasteiger partial charge is 0.270 e. The molecule has 0 aliphatic rings. The van der Waals surface area contributed by atoms with Crippen molar-refractivity contribution in [3.63, 3.8) is 0 Å². The van der Waals surface area contributed by atoms with Gasteiger partial charge in [-0.1, -0.05) is 28.9 Å². The summed E-state index contributed by atoms with van der Waals surface area (Å²) in [7, 11) is 0. The van der Waals surface area contributed by atoms with Gasteiger partial charge < -0.3 is 5.32 Å². The lowest BCUT2D eigenvalue weighted by atomic mass is 10.0. The fourth-order valence-corrected chi connectivity index (χ4v) is 1.29. The van der Waals surface area contributed by atoms with Gasteiger partial charge >= 0.3 is 0 Å². The predicted molar refractivity (Wildman–Crippen MR) is 68.9 cm³/mol. The number of pyridine rings is 1. The van der Waals surface area contributed by atoms with Gasteiger partial charge in [0, 0.05) is 16.6 Å². The summed E-state index contributed by atoms with van der Waals surface area (Å²) in [6.07, 6.45) is 1.63. The Morgan fingerprint density at radius 3 is 2.69 bits per heavy atom. The molecule has 0 spiro atoms. The van der Waals surface area contributed by atoms with Crippen LogP contribution in [0.2, 0.25) is 0 Å². The number of carbonyl (C=O) groups excluding carboxylic acids is 1. The van der Waals surface area contributed by atoms with Crippen molar-refractivity contribution in [2.45, 2.75) is 38.1 Å². The van der Waals surface area contributed by atoms with Gasteiger partial charge in [-0.05, 0) is 32.4 Å². The zero-order valence-electron chi connectivity index (χ0n) is 10.0. The van der Waals surface area contributed by atoms with E-state index in [1.165, 1.54) is 0 Å². The quantitative estimate of drug-likeness (QED) is 0.868. The first kappa shape index (κ1) is 13.2. The molecule has 0 aliphatic heterocycles. The summed E-state index contributed by atoms with van der Waals surface area (Å²) in [5.41, 5.74) is 1.07. The molecule has 88 valence electrons. The van der Waals surface area contributed by atoms with Gasteiger partial charge in [-0.25, -0.2) is 0 Å². The largest absolute Gasteiger partial charge is 0.345 e. The number of aromatic nitrogens is 1. The van der Waals surface area contributed by atoms with E-state index < -0.39 is 0 Å². The highest BCUT2D eigenvalue weighted by molar-refractivity contribution is 9.09. The highest BCUT2D eigenvalue weighted by Gasteiger charge is 2.26. The van der Waals surface area contributed by atoms with Gasteiger partial charge in [-0.3, -0.25) is 9.78 Å². The normalized spacial score (nSPS) is 13.3. The fourth-order valence-electron chi connectivity index (χ4n) is 1.17. The van der Waals surface area contributed by atoms with Crippen LogP contribution in [-0.2, 0) is 0 Å². The van der Waals surface area contributed by atoms with E-state index in [1.807, 2.05) is 39.8 Å². The van der Waals surface area contributed by atoms with Crippen LogP contribution in [0.3, 0.4) is 0 Å². The van der Waals surface area contributed by atoms with Crippen LogP contribution in [0.5, 0.6) is 0 Å². The summed E-state index contributed by atoms with van der Waals surface area (Å²) >= 11 is 3.48. The number of hydrogen-bond donors (Lipinski definition) is 1. The van der Waals surface area contributed by atoms with Gasteiger partial charge in [-0.15, -0.1) is 0 Å². The molecule has 0 saturated carbocycles. The maximum absolute atomic E-state index is 12.0. The van der Waals surface area contributed by atoms with Crippen LogP contribution in [0.15, 0.2) is 18.3 Å². The standard InChI is InChI=1S/C12H17BrN2O/c1-8-6-5-7-14-10(8)11(16)15-12(3,4)9(2)13/h5-7,9H,1-4H3,(H,15,16). The molecule has 0 fully saturated rings. The van der Waals surface area contributed by atoms with Gasteiger partial charge in [0.05, 0.1) is 0 Å². The van der Waals surface area contributed by atoms with Gasteiger partial charge in [0.25, 0.3) is 5.91 Å². The van der Waals surface area contributed by atoms with Gasteiger partial charge in [-0.2, -0.15) is 0 Å². The van der Waals surface area contributed by atoms with Crippen molar-refractivity contribution in [1.29, 1.82) is 0 Å². The lowest BCUT2D eigenvalue weighted by Gasteiger charge is -2.29. The third kappa shape index (κ3) is 3.04. The molecule has 1 rings (SSSR count). The second-order valence-electron chi connectivity index (χ2n) is 4.46. The Hall–Kier alpha value is -0.900. The summed E-state index contributed by atoms with van der Waals surface area (Å²) in [4.78, 5) is 16.3. The third-order valence-electron chi connectivity index (χ3n) is 2.65. The topological polar surface area (TPSA) is 42.0 Å². The first-order valence-electron chi connectivity index (χ1n) is 5.23. The molecule has 0 aliphatic carbocycles. The number of rotatable bonds is 3. The van der Waals surface area contributed by atoms with Crippen molar-refractivity contribution in [2.75, 3.05) is 0 Å². The number of alkyl halides is 1. The molecular weight excluding hydrogens is 268 g/mol. The SMILES string of the molecule is Cc1cccnc1C(=O)NC(C)(C)C(C)Br. The van der Waals surface area contributed by atoms with Crippen LogP contribution in [0.4, 0.5) is 0 Å². The molecule has 1 amide bonds. The van der Waals surface area contributed by atoms with Crippen molar-refractivity contribution in [1.82, 2.24) is 10.3 Å². The van der Waals surface area contributed by atoms with Crippen LogP contribution < -0.4 is 5.32 Å². The van der Waals surface area contributed by atoms with Gasteiger partial charge in [0.2, 0.25) is 0 Å². The van der Waals surface area contributed by atoms with Crippen molar-refractivity contribution >= 4 is 21.8 Å². The minimum absolute atomic E-state index is 0.130. The number of amides is 1. The molecular formula is C12H17BrN2O. The summed E-state index contributed by atoms with van der Waals surface area (Å²) in [6.45, 7) is 7.84. The first-order valence-corrected chi connectivity index (χ1v) is 6.14. The molecule has 1 unspecified atom stereocenters. The first-order chi connectivity index (χ1) is 7.34. The molecule has 0 saturated heterocycles. The summed E-state index contributed by atoms with van der Waals surface area (Å²) < 4.78 is 0. The van der Waals surface area contributed by atoms with E-state index in [1.54, 1.807) is 6.20 Å². The van der Waals surface area contributed by atoms with Crippen molar-refractivity contribution in [2.24, 2.45) is 0 Å². The Morgan fingerprint density at radius 1 is 1.56 bits per heavy atom. The molecule has 1 heterocycles. The number of nitrogens with zero attached hydrogens (tertiary/aromatic N) is 1. The number of hydrogen-bond acceptors (Lipinski definition) is 2. The van der Waals surface area contributed by atoms with E-state index in [-0.39, 0.29) is 16.3 Å². The molecule has 1 aromatic heterocycles. The van der Waals surface area contributed by atoms with Gasteiger partial charge in [0.1, 0.15) is 5.69 Å². The monoisotopic (exact) mass is 284 g/mol. The zero-order valence-corrected chi connectivity index (χ0v) is 11.6. The van der Waals surface area contributed by atoms with Gasteiger partial charge in [0.15, 0.2) is 0 Å². The van der Waals surface area contributed by atoms with Crippen LogP contribution in [0.25, 0.3) is 0 Å². The number of aryl methyl sites for hydroxylation is 1. The number of halogens is 1. The van der Waals surface area contributed by atoms with E-state index in [9.17, 15) is 4.79 Å². The molecule has 0 bridgehead atoms. The van der Waals surface area contributed by atoms with Crippen LogP contribution in [-0.4, -0.2) is 21.3 Å².